The average molecular weight is 318 g/mol. The second kappa shape index (κ2) is 5.91. The maximum atomic E-state index is 12.1. The molecule has 2 atom stereocenters. The summed E-state index contributed by atoms with van der Waals surface area (Å²) in [4.78, 5) is 14.6. The van der Waals surface area contributed by atoms with E-state index >= 15 is 0 Å². The second-order valence-corrected chi connectivity index (χ2v) is 7.44. The fraction of sp³-hybridized carbons (Fsp3) is 0.765. The molecular formula is C17H26N4O2. The van der Waals surface area contributed by atoms with Gasteiger partial charge in [-0.1, -0.05) is 0 Å². The summed E-state index contributed by atoms with van der Waals surface area (Å²) >= 11 is 0. The zero-order valence-electron chi connectivity index (χ0n) is 13.8. The molecule has 6 heteroatoms. The van der Waals surface area contributed by atoms with Crippen LogP contribution < -0.4 is 5.32 Å². The van der Waals surface area contributed by atoms with Crippen LogP contribution in [0.2, 0.25) is 0 Å². The lowest BCUT2D eigenvalue weighted by molar-refractivity contribution is -0.120. The molecule has 3 fully saturated rings. The standard InChI is InChI=1S/C17H26N4O2/c1-20-11-14(9-18-20)15-8-16(22)19-17(15)3-5-21(6-4-17)10-13-2-7-23-12-13/h9,11,13,15H,2-8,10,12H2,1H3,(H,19,22)/t13-,15-/m0/s1. The van der Waals surface area contributed by atoms with Crippen LogP contribution in [0, 0.1) is 5.92 Å². The molecule has 4 heterocycles. The predicted octanol–water partition coefficient (Wildman–Crippen LogP) is 0.895. The van der Waals surface area contributed by atoms with Gasteiger partial charge in [-0.3, -0.25) is 9.48 Å². The number of hydrogen-bond donors (Lipinski definition) is 1. The van der Waals surface area contributed by atoms with Gasteiger partial charge in [-0.25, -0.2) is 0 Å². The van der Waals surface area contributed by atoms with Crippen LogP contribution in [0.5, 0.6) is 0 Å². The summed E-state index contributed by atoms with van der Waals surface area (Å²) in [5.74, 6) is 1.15. The molecule has 1 spiro atoms. The molecule has 4 rings (SSSR count). The number of ether oxygens (including phenoxy) is 1. The first-order valence-corrected chi connectivity index (χ1v) is 8.74. The van der Waals surface area contributed by atoms with E-state index in [1.54, 1.807) is 0 Å². The molecule has 1 N–H and O–H groups in total. The van der Waals surface area contributed by atoms with Gasteiger partial charge in [0.2, 0.25) is 5.91 Å². The van der Waals surface area contributed by atoms with E-state index in [1.807, 2.05) is 17.9 Å². The first-order chi connectivity index (χ1) is 11.1. The maximum absolute atomic E-state index is 12.1. The highest BCUT2D eigenvalue weighted by molar-refractivity contribution is 5.81. The summed E-state index contributed by atoms with van der Waals surface area (Å²) in [7, 11) is 1.94. The Labute approximate surface area is 137 Å². The number of hydrogen-bond acceptors (Lipinski definition) is 4. The third kappa shape index (κ3) is 2.90. The molecule has 1 aromatic rings. The van der Waals surface area contributed by atoms with E-state index in [-0.39, 0.29) is 17.4 Å². The van der Waals surface area contributed by atoms with Crippen LogP contribution in [-0.4, -0.2) is 59.0 Å². The van der Waals surface area contributed by atoms with Gasteiger partial charge in [0, 0.05) is 57.4 Å². The Bertz CT molecular complexity index is 571. The summed E-state index contributed by atoms with van der Waals surface area (Å²) in [6, 6.07) is 0. The topological polar surface area (TPSA) is 59.4 Å². The van der Waals surface area contributed by atoms with Crippen LogP contribution >= 0.6 is 0 Å². The fourth-order valence-electron chi connectivity index (χ4n) is 4.55. The molecule has 3 aliphatic heterocycles. The van der Waals surface area contributed by atoms with Gasteiger partial charge in [0.25, 0.3) is 0 Å². The van der Waals surface area contributed by atoms with Crippen LogP contribution in [0.3, 0.4) is 0 Å². The van der Waals surface area contributed by atoms with Crippen molar-refractivity contribution in [2.75, 3.05) is 32.8 Å². The number of amides is 1. The largest absolute Gasteiger partial charge is 0.381 e. The molecule has 1 amide bonds. The predicted molar refractivity (Wildman–Crippen MR) is 86.0 cm³/mol. The van der Waals surface area contributed by atoms with Crippen molar-refractivity contribution in [1.82, 2.24) is 20.0 Å². The zero-order valence-corrected chi connectivity index (χ0v) is 13.8. The molecule has 0 aromatic carbocycles. The Kier molecular flexibility index (Phi) is 3.89. The highest BCUT2D eigenvalue weighted by Gasteiger charge is 2.49. The van der Waals surface area contributed by atoms with Crippen LogP contribution in [0.25, 0.3) is 0 Å². The minimum absolute atomic E-state index is 0.0667. The summed E-state index contributed by atoms with van der Waals surface area (Å²) in [5, 5.41) is 7.61. The lowest BCUT2D eigenvalue weighted by Crippen LogP contribution is -2.54. The molecule has 126 valence electrons. The van der Waals surface area contributed by atoms with Crippen molar-refractivity contribution in [3.63, 3.8) is 0 Å². The number of nitrogens with zero attached hydrogens (tertiary/aromatic N) is 3. The molecule has 6 nitrogen and oxygen atoms in total. The number of piperidine rings is 1. The molecule has 0 unspecified atom stereocenters. The van der Waals surface area contributed by atoms with E-state index in [4.69, 9.17) is 4.74 Å². The van der Waals surface area contributed by atoms with E-state index < -0.39 is 0 Å². The van der Waals surface area contributed by atoms with Gasteiger partial charge in [-0.15, -0.1) is 0 Å². The number of aryl methyl sites for hydroxylation is 1. The quantitative estimate of drug-likeness (QED) is 0.899. The molecule has 3 saturated heterocycles. The highest BCUT2D eigenvalue weighted by atomic mass is 16.5. The zero-order chi connectivity index (χ0) is 15.9. The Morgan fingerprint density at radius 3 is 2.91 bits per heavy atom. The average Bonchev–Trinajstić information content (AvgIpc) is 3.24. The van der Waals surface area contributed by atoms with E-state index in [0.29, 0.717) is 12.3 Å². The van der Waals surface area contributed by atoms with E-state index in [1.165, 1.54) is 12.0 Å². The first-order valence-electron chi connectivity index (χ1n) is 8.74. The SMILES string of the molecule is Cn1cc([C@@H]2CC(=O)NC23CCN(C[C@@H]2CCOC2)CC3)cn1. The van der Waals surface area contributed by atoms with Gasteiger partial charge in [-0.05, 0) is 30.7 Å². The number of carbonyl (C=O) groups excluding carboxylic acids is 1. The van der Waals surface area contributed by atoms with Crippen LogP contribution in [0.15, 0.2) is 12.4 Å². The molecular weight excluding hydrogens is 292 g/mol. The maximum Gasteiger partial charge on any atom is 0.221 e. The van der Waals surface area contributed by atoms with Crippen molar-refractivity contribution in [2.24, 2.45) is 13.0 Å². The normalized spacial score (nSPS) is 30.9. The van der Waals surface area contributed by atoms with E-state index in [2.05, 4.69) is 21.5 Å². The monoisotopic (exact) mass is 318 g/mol. The number of aromatic nitrogens is 2. The highest BCUT2D eigenvalue weighted by Crippen LogP contribution is 2.43. The Hall–Kier alpha value is -1.40. The van der Waals surface area contributed by atoms with Gasteiger partial charge < -0.3 is 15.0 Å². The summed E-state index contributed by atoms with van der Waals surface area (Å²) in [6.07, 6.45) is 7.85. The number of carbonyl (C=O) groups is 1. The molecule has 0 aliphatic carbocycles. The summed E-state index contributed by atoms with van der Waals surface area (Å²) < 4.78 is 7.32. The van der Waals surface area contributed by atoms with E-state index in [0.717, 1.165) is 45.7 Å². The third-order valence-electron chi connectivity index (χ3n) is 5.86. The second-order valence-electron chi connectivity index (χ2n) is 7.44. The van der Waals surface area contributed by atoms with Crippen molar-refractivity contribution in [2.45, 2.75) is 37.1 Å². The molecule has 0 bridgehead atoms. The summed E-state index contributed by atoms with van der Waals surface area (Å²) in [6.45, 7) is 5.10. The van der Waals surface area contributed by atoms with E-state index in [9.17, 15) is 4.79 Å². The molecule has 3 aliphatic rings. The van der Waals surface area contributed by atoms with Crippen molar-refractivity contribution < 1.29 is 9.53 Å². The first kappa shape index (κ1) is 15.1. The minimum Gasteiger partial charge on any atom is -0.381 e. The van der Waals surface area contributed by atoms with Crippen LogP contribution in [0.1, 0.15) is 37.2 Å². The third-order valence-corrected chi connectivity index (χ3v) is 5.86. The Morgan fingerprint density at radius 1 is 1.43 bits per heavy atom. The Morgan fingerprint density at radius 2 is 2.26 bits per heavy atom. The minimum atomic E-state index is -0.0667. The van der Waals surface area contributed by atoms with Crippen molar-refractivity contribution in [3.05, 3.63) is 18.0 Å². The van der Waals surface area contributed by atoms with Gasteiger partial charge in [0.1, 0.15) is 0 Å². The van der Waals surface area contributed by atoms with Gasteiger partial charge in [-0.2, -0.15) is 5.10 Å². The fourth-order valence-corrected chi connectivity index (χ4v) is 4.55. The van der Waals surface area contributed by atoms with Crippen molar-refractivity contribution in [1.29, 1.82) is 0 Å². The molecule has 23 heavy (non-hydrogen) atoms. The van der Waals surface area contributed by atoms with Crippen LogP contribution in [0.4, 0.5) is 0 Å². The van der Waals surface area contributed by atoms with Gasteiger partial charge in [0.05, 0.1) is 12.8 Å². The number of nitrogens with one attached hydrogen (secondary N) is 1. The van der Waals surface area contributed by atoms with Gasteiger partial charge in [0.15, 0.2) is 0 Å². The van der Waals surface area contributed by atoms with Crippen molar-refractivity contribution in [3.8, 4) is 0 Å². The smallest absolute Gasteiger partial charge is 0.221 e. The lowest BCUT2D eigenvalue weighted by Gasteiger charge is -2.43. The Balaban J connectivity index is 1.44. The van der Waals surface area contributed by atoms with Crippen molar-refractivity contribution >= 4 is 5.91 Å². The molecule has 0 saturated carbocycles. The summed E-state index contributed by atoms with van der Waals surface area (Å²) in [5.41, 5.74) is 1.13. The van der Waals surface area contributed by atoms with Gasteiger partial charge >= 0.3 is 0 Å². The lowest BCUT2D eigenvalue weighted by atomic mass is 9.75. The number of rotatable bonds is 3. The number of likely N-dealkylation sites (tertiary alicyclic amines) is 1. The molecule has 1 aromatic heterocycles. The van der Waals surface area contributed by atoms with Crippen LogP contribution in [-0.2, 0) is 16.6 Å². The molecule has 0 radical (unpaired) electrons.